The molecule has 0 aliphatic heterocycles. The first kappa shape index (κ1) is 23.9. The molecule has 0 aliphatic carbocycles. The Balaban J connectivity index is 0.00000196. The highest BCUT2D eigenvalue weighted by Crippen LogP contribution is 2.32. The van der Waals surface area contributed by atoms with E-state index in [1.54, 1.807) is 12.1 Å². The van der Waals surface area contributed by atoms with Crippen molar-refractivity contribution in [2.24, 2.45) is 11.5 Å². The summed E-state index contributed by atoms with van der Waals surface area (Å²) in [5.41, 5.74) is 14.3. The quantitative estimate of drug-likeness (QED) is 0.464. The number of benzene rings is 2. The van der Waals surface area contributed by atoms with Gasteiger partial charge in [-0.05, 0) is 43.1 Å². The van der Waals surface area contributed by atoms with Crippen LogP contribution in [-0.4, -0.2) is 30.0 Å². The van der Waals surface area contributed by atoms with Gasteiger partial charge in [0, 0.05) is 29.1 Å². The first-order valence-electron chi connectivity index (χ1n) is 8.70. The van der Waals surface area contributed by atoms with Crippen LogP contribution in [0.2, 0.25) is 0 Å². The van der Waals surface area contributed by atoms with E-state index in [2.05, 4.69) is 10.3 Å². The Bertz CT molecular complexity index is 899. The topological polar surface area (TPSA) is 96.9 Å². The Morgan fingerprint density at radius 3 is 2.46 bits per heavy atom. The number of aromatic nitrogens is 1. The molecule has 5 nitrogen and oxygen atoms in total. The van der Waals surface area contributed by atoms with E-state index in [9.17, 15) is 9.18 Å². The molecule has 28 heavy (non-hydrogen) atoms. The van der Waals surface area contributed by atoms with E-state index in [-0.39, 0.29) is 42.6 Å². The molecule has 3 rings (SSSR count). The maximum Gasteiger partial charge on any atom is 0.268 e. The fraction of sp³-hybridized carbons (Fsp3) is 0.250. The molecule has 0 radical (unpaired) electrons. The van der Waals surface area contributed by atoms with Crippen molar-refractivity contribution in [3.05, 3.63) is 60.0 Å². The third-order valence-electron chi connectivity index (χ3n) is 4.37. The van der Waals surface area contributed by atoms with Crippen LogP contribution in [0.4, 0.5) is 4.39 Å². The maximum absolute atomic E-state index is 13.3. The summed E-state index contributed by atoms with van der Waals surface area (Å²) in [5, 5.41) is 3.79. The third-order valence-corrected chi connectivity index (χ3v) is 4.37. The molecular formula is C20H25Cl2FN4O. The lowest BCUT2D eigenvalue weighted by Crippen LogP contribution is -2.37. The largest absolute Gasteiger partial charge is 0.350 e. The molecule has 3 aromatic rings. The fourth-order valence-electron chi connectivity index (χ4n) is 3.02. The van der Waals surface area contributed by atoms with Crippen molar-refractivity contribution in [1.29, 1.82) is 0 Å². The molecule has 0 saturated heterocycles. The summed E-state index contributed by atoms with van der Waals surface area (Å²) < 4.78 is 13.3. The van der Waals surface area contributed by atoms with Crippen molar-refractivity contribution in [1.82, 2.24) is 10.3 Å². The molecular weight excluding hydrogens is 402 g/mol. The zero-order chi connectivity index (χ0) is 18.5. The predicted molar refractivity (Wildman–Crippen MR) is 117 cm³/mol. The highest BCUT2D eigenvalue weighted by atomic mass is 35.5. The average molecular weight is 427 g/mol. The Labute approximate surface area is 175 Å². The van der Waals surface area contributed by atoms with Crippen LogP contribution >= 0.6 is 24.8 Å². The van der Waals surface area contributed by atoms with Crippen LogP contribution in [0, 0.1) is 5.82 Å². The number of H-pyrrole nitrogens is 1. The number of amides is 1. The van der Waals surface area contributed by atoms with Gasteiger partial charge >= 0.3 is 0 Å². The van der Waals surface area contributed by atoms with Crippen molar-refractivity contribution in [3.63, 3.8) is 0 Å². The number of fused-ring (bicyclic) bond motifs is 1. The molecule has 0 fully saturated rings. The monoisotopic (exact) mass is 426 g/mol. The molecule has 1 unspecified atom stereocenters. The molecule has 1 aromatic heterocycles. The van der Waals surface area contributed by atoms with Crippen LogP contribution in [0.15, 0.2) is 48.5 Å². The number of hydrogen-bond acceptors (Lipinski definition) is 3. The van der Waals surface area contributed by atoms with Gasteiger partial charge in [-0.25, -0.2) is 4.39 Å². The molecule has 0 bridgehead atoms. The van der Waals surface area contributed by atoms with Gasteiger partial charge in [0.1, 0.15) is 11.5 Å². The highest BCUT2D eigenvalue weighted by Gasteiger charge is 2.19. The fourth-order valence-corrected chi connectivity index (χ4v) is 3.02. The average Bonchev–Trinajstić information content (AvgIpc) is 3.04. The minimum atomic E-state index is -0.314. The Morgan fingerprint density at radius 1 is 1.11 bits per heavy atom. The zero-order valence-corrected chi connectivity index (χ0v) is 16.9. The number of aromatic amines is 1. The maximum atomic E-state index is 13.3. The van der Waals surface area contributed by atoms with E-state index in [1.165, 1.54) is 12.1 Å². The zero-order valence-electron chi connectivity index (χ0n) is 15.3. The lowest BCUT2D eigenvalue weighted by molar-refractivity contribution is 0.0947. The van der Waals surface area contributed by atoms with Gasteiger partial charge in [-0.15, -0.1) is 24.8 Å². The number of carbonyl (C=O) groups excluding carboxylic acids is 1. The molecule has 1 heterocycles. The Morgan fingerprint density at radius 2 is 1.79 bits per heavy atom. The van der Waals surface area contributed by atoms with Crippen molar-refractivity contribution < 1.29 is 9.18 Å². The molecule has 8 heteroatoms. The van der Waals surface area contributed by atoms with Crippen LogP contribution < -0.4 is 16.8 Å². The van der Waals surface area contributed by atoms with Gasteiger partial charge in [0.15, 0.2) is 0 Å². The van der Waals surface area contributed by atoms with E-state index < -0.39 is 0 Å². The first-order chi connectivity index (χ1) is 12.6. The van der Waals surface area contributed by atoms with Crippen LogP contribution in [0.5, 0.6) is 0 Å². The molecule has 152 valence electrons. The third kappa shape index (κ3) is 5.45. The minimum Gasteiger partial charge on any atom is -0.350 e. The normalized spacial score (nSPS) is 11.4. The smallest absolute Gasteiger partial charge is 0.268 e. The molecule has 1 amide bonds. The molecule has 6 N–H and O–H groups in total. The van der Waals surface area contributed by atoms with Crippen molar-refractivity contribution in [2.45, 2.75) is 18.9 Å². The summed E-state index contributed by atoms with van der Waals surface area (Å²) in [6, 6.07) is 13.7. The van der Waals surface area contributed by atoms with Gasteiger partial charge in [0.05, 0.1) is 0 Å². The number of rotatable bonds is 7. The summed E-state index contributed by atoms with van der Waals surface area (Å²) in [7, 11) is 0. The standard InChI is InChI=1S/C20H23FN4O.2ClH/c21-14-9-7-13(8-10-14)18-16-5-1-2-6-17(16)25-19(18)20(26)24-12-15(23)4-3-11-22;;/h1-2,5-10,15,25H,3-4,11-12,22-23H2,(H,24,26);2*1H. The van der Waals surface area contributed by atoms with Gasteiger partial charge in [-0.1, -0.05) is 30.3 Å². The summed E-state index contributed by atoms with van der Waals surface area (Å²) >= 11 is 0. The Hall–Kier alpha value is -2.12. The van der Waals surface area contributed by atoms with E-state index in [4.69, 9.17) is 11.5 Å². The predicted octanol–water partition coefficient (Wildman–Crippen LogP) is 3.61. The summed E-state index contributed by atoms with van der Waals surface area (Å²) in [4.78, 5) is 15.9. The van der Waals surface area contributed by atoms with Gasteiger partial charge < -0.3 is 21.8 Å². The Kier molecular flexibility index (Phi) is 9.41. The summed E-state index contributed by atoms with van der Waals surface area (Å²) in [6.07, 6.45) is 1.58. The second-order valence-corrected chi connectivity index (χ2v) is 6.33. The number of halogens is 3. The van der Waals surface area contributed by atoms with Crippen LogP contribution in [-0.2, 0) is 0 Å². The molecule has 1 atom stereocenters. The first-order valence-corrected chi connectivity index (χ1v) is 8.70. The number of nitrogens with one attached hydrogen (secondary N) is 2. The number of para-hydroxylation sites is 1. The van der Waals surface area contributed by atoms with E-state index >= 15 is 0 Å². The minimum absolute atomic E-state index is 0. The second kappa shape index (κ2) is 11.0. The summed E-state index contributed by atoms with van der Waals surface area (Å²) in [6.45, 7) is 0.954. The van der Waals surface area contributed by atoms with Gasteiger partial charge in [0.25, 0.3) is 5.91 Å². The van der Waals surface area contributed by atoms with Gasteiger partial charge in [-0.3, -0.25) is 4.79 Å². The van der Waals surface area contributed by atoms with Gasteiger partial charge in [0.2, 0.25) is 0 Å². The van der Waals surface area contributed by atoms with Crippen LogP contribution in [0.25, 0.3) is 22.0 Å². The lowest BCUT2D eigenvalue weighted by Gasteiger charge is -2.12. The number of nitrogens with two attached hydrogens (primary N) is 2. The van der Waals surface area contributed by atoms with Gasteiger partial charge in [-0.2, -0.15) is 0 Å². The van der Waals surface area contributed by atoms with E-state index in [0.29, 0.717) is 18.8 Å². The number of hydrogen-bond donors (Lipinski definition) is 4. The van der Waals surface area contributed by atoms with Crippen molar-refractivity contribution >= 4 is 41.6 Å². The van der Waals surface area contributed by atoms with Crippen molar-refractivity contribution in [2.75, 3.05) is 13.1 Å². The van der Waals surface area contributed by atoms with Crippen molar-refractivity contribution in [3.8, 4) is 11.1 Å². The van der Waals surface area contributed by atoms with E-state index in [0.717, 1.165) is 34.9 Å². The SMILES string of the molecule is Cl.Cl.NCCCC(N)CNC(=O)c1[nH]c2ccccc2c1-c1ccc(F)cc1. The molecule has 2 aromatic carbocycles. The van der Waals surface area contributed by atoms with Crippen LogP contribution in [0.3, 0.4) is 0 Å². The highest BCUT2D eigenvalue weighted by molar-refractivity contribution is 6.09. The van der Waals surface area contributed by atoms with E-state index in [1.807, 2.05) is 24.3 Å². The molecule has 0 saturated carbocycles. The lowest BCUT2D eigenvalue weighted by atomic mass is 10.0. The summed E-state index contributed by atoms with van der Waals surface area (Å²) in [5.74, 6) is -0.547. The second-order valence-electron chi connectivity index (χ2n) is 6.33. The molecule has 0 spiro atoms. The number of carbonyl (C=O) groups is 1. The van der Waals surface area contributed by atoms with Crippen LogP contribution in [0.1, 0.15) is 23.3 Å². The molecule has 0 aliphatic rings.